The van der Waals surface area contributed by atoms with Crippen molar-refractivity contribution in [2.45, 2.75) is 18.7 Å². The summed E-state index contributed by atoms with van der Waals surface area (Å²) in [7, 11) is 0. The van der Waals surface area contributed by atoms with Gasteiger partial charge in [0.15, 0.2) is 0 Å². The van der Waals surface area contributed by atoms with E-state index in [2.05, 4.69) is 0 Å². The zero-order valence-corrected chi connectivity index (χ0v) is 7.56. The Labute approximate surface area is 72.0 Å². The number of thioether (sulfide) groups is 1. The zero-order valence-electron chi connectivity index (χ0n) is 6.74. The van der Waals surface area contributed by atoms with Crippen LogP contribution in [-0.2, 0) is 0 Å². The van der Waals surface area contributed by atoms with Gasteiger partial charge in [0.2, 0.25) is 0 Å². The highest BCUT2D eigenvalue weighted by atomic mass is 32.2. The van der Waals surface area contributed by atoms with Gasteiger partial charge in [-0.25, -0.2) is 0 Å². The SMILES string of the molecule is CC.N#CSc1ccccc1. The summed E-state index contributed by atoms with van der Waals surface area (Å²) in [5.74, 6) is 0. The molecule has 0 aromatic heterocycles. The molecule has 58 valence electrons. The number of nitrogens with zero attached hydrogens (tertiary/aromatic N) is 1. The van der Waals surface area contributed by atoms with Crippen molar-refractivity contribution in [3.8, 4) is 5.40 Å². The van der Waals surface area contributed by atoms with Crippen LogP contribution in [0.2, 0.25) is 0 Å². The zero-order chi connectivity index (χ0) is 8.53. The van der Waals surface area contributed by atoms with Crippen LogP contribution >= 0.6 is 11.8 Å². The molecule has 0 unspecified atom stereocenters. The molecule has 0 fully saturated rings. The lowest BCUT2D eigenvalue weighted by Gasteiger charge is -1.86. The molecule has 0 heterocycles. The van der Waals surface area contributed by atoms with E-state index in [1.165, 1.54) is 11.8 Å². The molecule has 11 heavy (non-hydrogen) atoms. The first kappa shape index (κ1) is 10.1. The van der Waals surface area contributed by atoms with Crippen LogP contribution in [0, 0.1) is 10.7 Å². The highest BCUT2D eigenvalue weighted by Crippen LogP contribution is 2.13. The minimum absolute atomic E-state index is 1.00. The van der Waals surface area contributed by atoms with Gasteiger partial charge >= 0.3 is 0 Å². The van der Waals surface area contributed by atoms with Crippen molar-refractivity contribution in [1.82, 2.24) is 0 Å². The fourth-order valence-electron chi connectivity index (χ4n) is 0.541. The van der Waals surface area contributed by atoms with Gasteiger partial charge in [0.1, 0.15) is 5.40 Å². The van der Waals surface area contributed by atoms with Crippen molar-refractivity contribution >= 4 is 11.8 Å². The minimum Gasteiger partial charge on any atom is -0.185 e. The summed E-state index contributed by atoms with van der Waals surface area (Å²) in [6.45, 7) is 4.00. The van der Waals surface area contributed by atoms with Crippen molar-refractivity contribution in [1.29, 1.82) is 5.26 Å². The fourth-order valence-corrected chi connectivity index (χ4v) is 0.940. The minimum atomic E-state index is 1.00. The molecular formula is C9H11NS. The lowest BCUT2D eigenvalue weighted by atomic mass is 10.4. The molecule has 2 heteroatoms. The van der Waals surface area contributed by atoms with Crippen LogP contribution in [0.4, 0.5) is 0 Å². The Kier molecular flexibility index (Phi) is 6.56. The third kappa shape index (κ3) is 4.46. The van der Waals surface area contributed by atoms with E-state index in [9.17, 15) is 0 Å². The van der Waals surface area contributed by atoms with Gasteiger partial charge in [-0.2, -0.15) is 5.26 Å². The first-order chi connectivity index (χ1) is 5.43. The lowest BCUT2D eigenvalue weighted by Crippen LogP contribution is -1.62. The Hall–Kier alpha value is -0.940. The van der Waals surface area contributed by atoms with E-state index in [0.717, 1.165) is 4.90 Å². The van der Waals surface area contributed by atoms with Crippen molar-refractivity contribution < 1.29 is 0 Å². The van der Waals surface area contributed by atoms with Gasteiger partial charge in [-0.1, -0.05) is 32.0 Å². The van der Waals surface area contributed by atoms with Gasteiger partial charge in [-0.3, -0.25) is 0 Å². The quantitative estimate of drug-likeness (QED) is 0.471. The predicted octanol–water partition coefficient (Wildman–Crippen LogP) is 3.29. The van der Waals surface area contributed by atoms with Crippen molar-refractivity contribution in [3.05, 3.63) is 30.3 Å². The largest absolute Gasteiger partial charge is 0.185 e. The molecule has 0 atom stereocenters. The van der Waals surface area contributed by atoms with E-state index < -0.39 is 0 Å². The Morgan fingerprint density at radius 2 is 1.73 bits per heavy atom. The van der Waals surface area contributed by atoms with Crippen LogP contribution in [0.3, 0.4) is 0 Å². The molecule has 0 aliphatic carbocycles. The number of benzene rings is 1. The molecule has 0 radical (unpaired) electrons. The van der Waals surface area contributed by atoms with Crippen molar-refractivity contribution in [2.75, 3.05) is 0 Å². The molecule has 1 rings (SSSR count). The number of thiocyanates is 1. The topological polar surface area (TPSA) is 23.8 Å². The third-order valence-electron chi connectivity index (χ3n) is 0.907. The maximum Gasteiger partial charge on any atom is 0.138 e. The first-order valence-electron chi connectivity index (χ1n) is 3.54. The standard InChI is InChI=1S/C7H5NS.C2H6/c8-6-9-7-4-2-1-3-5-7;1-2/h1-5H;1-2H3. The summed E-state index contributed by atoms with van der Waals surface area (Å²) in [6.07, 6.45) is 0. The second kappa shape index (κ2) is 7.17. The smallest absolute Gasteiger partial charge is 0.138 e. The van der Waals surface area contributed by atoms with Crippen LogP contribution in [0.25, 0.3) is 0 Å². The van der Waals surface area contributed by atoms with Crippen LogP contribution in [0.1, 0.15) is 13.8 Å². The Balaban J connectivity index is 0.000000461. The van der Waals surface area contributed by atoms with Crippen LogP contribution in [-0.4, -0.2) is 0 Å². The summed E-state index contributed by atoms with van der Waals surface area (Å²) in [6, 6.07) is 9.59. The molecule has 0 aliphatic rings. The Morgan fingerprint density at radius 1 is 1.18 bits per heavy atom. The van der Waals surface area contributed by atoms with Gasteiger partial charge in [-0.15, -0.1) is 0 Å². The fraction of sp³-hybridized carbons (Fsp3) is 0.222. The van der Waals surface area contributed by atoms with Crippen LogP contribution in [0.5, 0.6) is 0 Å². The summed E-state index contributed by atoms with van der Waals surface area (Å²) in [5, 5.41) is 10.2. The number of rotatable bonds is 1. The highest BCUT2D eigenvalue weighted by Gasteiger charge is 1.85. The maximum absolute atomic E-state index is 8.23. The van der Waals surface area contributed by atoms with E-state index in [4.69, 9.17) is 5.26 Å². The van der Waals surface area contributed by atoms with Crippen molar-refractivity contribution in [2.24, 2.45) is 0 Å². The lowest BCUT2D eigenvalue weighted by molar-refractivity contribution is 1.47. The second-order valence-corrected chi connectivity index (χ2v) is 2.36. The maximum atomic E-state index is 8.23. The summed E-state index contributed by atoms with van der Waals surface area (Å²) in [4.78, 5) is 1.00. The molecule has 0 bridgehead atoms. The van der Waals surface area contributed by atoms with E-state index >= 15 is 0 Å². The first-order valence-corrected chi connectivity index (χ1v) is 4.36. The molecule has 1 aromatic carbocycles. The van der Waals surface area contributed by atoms with E-state index in [1.54, 1.807) is 0 Å². The van der Waals surface area contributed by atoms with Crippen LogP contribution < -0.4 is 0 Å². The summed E-state index contributed by atoms with van der Waals surface area (Å²) in [5.41, 5.74) is 0. The Morgan fingerprint density at radius 3 is 2.18 bits per heavy atom. The average Bonchev–Trinajstić information content (AvgIpc) is 2.11. The molecule has 1 nitrogen and oxygen atoms in total. The monoisotopic (exact) mass is 165 g/mol. The molecule has 0 saturated carbocycles. The summed E-state index contributed by atoms with van der Waals surface area (Å²) < 4.78 is 0. The normalized spacial score (nSPS) is 7.36. The van der Waals surface area contributed by atoms with E-state index in [1.807, 2.05) is 49.6 Å². The molecule has 1 aromatic rings. The van der Waals surface area contributed by atoms with Crippen molar-refractivity contribution in [3.63, 3.8) is 0 Å². The van der Waals surface area contributed by atoms with E-state index in [-0.39, 0.29) is 0 Å². The molecule has 0 saturated heterocycles. The summed E-state index contributed by atoms with van der Waals surface area (Å²) >= 11 is 1.18. The average molecular weight is 165 g/mol. The molecule has 0 aliphatic heterocycles. The van der Waals surface area contributed by atoms with Gasteiger partial charge in [-0.05, 0) is 23.9 Å². The number of hydrogen-bond donors (Lipinski definition) is 0. The van der Waals surface area contributed by atoms with Gasteiger partial charge in [0, 0.05) is 4.90 Å². The van der Waals surface area contributed by atoms with Gasteiger partial charge in [0.25, 0.3) is 0 Å². The molecule has 0 N–H and O–H groups in total. The number of hydrogen-bond acceptors (Lipinski definition) is 2. The molecule has 0 spiro atoms. The third-order valence-corrected chi connectivity index (χ3v) is 1.51. The van der Waals surface area contributed by atoms with Crippen LogP contribution in [0.15, 0.2) is 35.2 Å². The van der Waals surface area contributed by atoms with Gasteiger partial charge < -0.3 is 0 Å². The van der Waals surface area contributed by atoms with E-state index in [0.29, 0.717) is 0 Å². The number of nitriles is 1. The molecule has 0 amide bonds. The second-order valence-electron chi connectivity index (χ2n) is 1.51. The molecular weight excluding hydrogens is 154 g/mol. The van der Waals surface area contributed by atoms with Gasteiger partial charge in [0.05, 0.1) is 0 Å². The predicted molar refractivity (Wildman–Crippen MR) is 49.3 cm³/mol. The highest BCUT2D eigenvalue weighted by molar-refractivity contribution is 8.03. The Bertz CT molecular complexity index is 213.